The highest BCUT2D eigenvalue weighted by atomic mass is 35.5. The summed E-state index contributed by atoms with van der Waals surface area (Å²) in [5, 5.41) is 6.39. The molecule has 0 aromatic heterocycles. The maximum Gasteiger partial charge on any atom is 0.230 e. The number of anilines is 1. The Morgan fingerprint density at radius 3 is 2.70 bits per heavy atom. The maximum absolute atomic E-state index is 13.3. The number of nitrogens with one attached hydrogen (secondary N) is 2. The van der Waals surface area contributed by atoms with Gasteiger partial charge in [0.25, 0.3) is 0 Å². The molecule has 5 heteroatoms. The van der Waals surface area contributed by atoms with Crippen molar-refractivity contribution in [3.8, 4) is 0 Å². The van der Waals surface area contributed by atoms with E-state index in [-0.39, 0.29) is 16.3 Å². The molecule has 2 N–H and O–H groups in total. The van der Waals surface area contributed by atoms with E-state index in [0.717, 1.165) is 38.8 Å². The van der Waals surface area contributed by atoms with Crippen LogP contribution in [0.5, 0.6) is 0 Å². The summed E-state index contributed by atoms with van der Waals surface area (Å²) in [6.07, 6.45) is 3.44. The monoisotopic (exact) mass is 298 g/mol. The van der Waals surface area contributed by atoms with E-state index in [2.05, 4.69) is 17.6 Å². The fourth-order valence-corrected chi connectivity index (χ4v) is 3.09. The minimum absolute atomic E-state index is 0.0254. The van der Waals surface area contributed by atoms with Gasteiger partial charge in [-0.2, -0.15) is 0 Å². The number of benzene rings is 1. The third-order valence-corrected chi connectivity index (χ3v) is 4.11. The fourth-order valence-electron chi connectivity index (χ4n) is 2.86. The van der Waals surface area contributed by atoms with Crippen LogP contribution >= 0.6 is 11.6 Å². The topological polar surface area (TPSA) is 41.1 Å². The molecule has 0 aliphatic carbocycles. The highest BCUT2D eigenvalue weighted by Gasteiger charge is 2.38. The second-order valence-electron chi connectivity index (χ2n) is 5.39. The van der Waals surface area contributed by atoms with E-state index in [9.17, 15) is 9.18 Å². The number of hydrogen-bond donors (Lipinski definition) is 2. The molecule has 0 spiro atoms. The molecule has 20 heavy (non-hydrogen) atoms. The first-order valence-electron chi connectivity index (χ1n) is 7.04. The largest absolute Gasteiger partial charge is 0.325 e. The van der Waals surface area contributed by atoms with Crippen molar-refractivity contribution in [1.82, 2.24) is 5.32 Å². The van der Waals surface area contributed by atoms with Gasteiger partial charge in [-0.1, -0.05) is 24.9 Å². The van der Waals surface area contributed by atoms with Gasteiger partial charge in [0.15, 0.2) is 0 Å². The Morgan fingerprint density at radius 2 is 2.10 bits per heavy atom. The number of rotatable bonds is 4. The lowest BCUT2D eigenvalue weighted by atomic mass is 9.74. The molecular weight excluding hydrogens is 279 g/mol. The quantitative estimate of drug-likeness (QED) is 0.892. The van der Waals surface area contributed by atoms with Crippen molar-refractivity contribution in [2.75, 3.05) is 18.4 Å². The molecule has 0 saturated carbocycles. The number of piperidine rings is 1. The smallest absolute Gasteiger partial charge is 0.230 e. The molecule has 1 fully saturated rings. The van der Waals surface area contributed by atoms with Crippen LogP contribution in [-0.2, 0) is 4.79 Å². The van der Waals surface area contributed by atoms with E-state index in [1.165, 1.54) is 12.1 Å². The molecule has 1 aliphatic rings. The minimum Gasteiger partial charge on any atom is -0.325 e. The average Bonchev–Trinajstić information content (AvgIpc) is 2.38. The SMILES string of the molecule is CCCC1(C(=O)Nc2cc(F)cc(Cl)c2)CCNCC1. The summed E-state index contributed by atoms with van der Waals surface area (Å²) in [5.41, 5.74) is 0.0766. The molecule has 3 nitrogen and oxygen atoms in total. The van der Waals surface area contributed by atoms with Crippen molar-refractivity contribution in [1.29, 1.82) is 0 Å². The van der Waals surface area contributed by atoms with Gasteiger partial charge in [0.05, 0.1) is 5.41 Å². The first kappa shape index (κ1) is 15.3. The standard InChI is InChI=1S/C15H20ClFN2O/c1-2-3-15(4-6-18-7-5-15)14(20)19-13-9-11(16)8-12(17)10-13/h8-10,18H,2-7H2,1H3,(H,19,20). The normalized spacial score (nSPS) is 17.8. The Hall–Kier alpha value is -1.13. The molecule has 1 amide bonds. The average molecular weight is 299 g/mol. The molecular formula is C15H20ClFN2O. The van der Waals surface area contributed by atoms with Gasteiger partial charge in [-0.05, 0) is 50.6 Å². The molecule has 110 valence electrons. The summed E-state index contributed by atoms with van der Waals surface area (Å²) in [6.45, 7) is 3.77. The minimum atomic E-state index is -0.442. The molecule has 0 atom stereocenters. The Kier molecular flexibility index (Phi) is 5.00. The number of amides is 1. The van der Waals surface area contributed by atoms with Crippen molar-refractivity contribution in [2.45, 2.75) is 32.6 Å². The number of halogens is 2. The van der Waals surface area contributed by atoms with E-state index in [1.54, 1.807) is 6.07 Å². The molecule has 0 radical (unpaired) electrons. The molecule has 2 rings (SSSR count). The van der Waals surface area contributed by atoms with Gasteiger partial charge in [0, 0.05) is 10.7 Å². The third-order valence-electron chi connectivity index (χ3n) is 3.89. The van der Waals surface area contributed by atoms with Crippen molar-refractivity contribution >= 4 is 23.2 Å². The first-order valence-corrected chi connectivity index (χ1v) is 7.42. The Bertz CT molecular complexity index is 461. The highest BCUT2D eigenvalue weighted by Crippen LogP contribution is 2.35. The zero-order valence-electron chi connectivity index (χ0n) is 11.6. The molecule has 1 heterocycles. The molecule has 0 bridgehead atoms. The van der Waals surface area contributed by atoms with Crippen LogP contribution in [0.4, 0.5) is 10.1 Å². The van der Waals surface area contributed by atoms with Crippen molar-refractivity contribution in [2.24, 2.45) is 5.41 Å². The van der Waals surface area contributed by atoms with E-state index >= 15 is 0 Å². The summed E-state index contributed by atoms with van der Waals surface area (Å²) in [6, 6.07) is 4.09. The predicted molar refractivity (Wildman–Crippen MR) is 79.5 cm³/mol. The van der Waals surface area contributed by atoms with Crippen LogP contribution < -0.4 is 10.6 Å². The number of hydrogen-bond acceptors (Lipinski definition) is 2. The Balaban J connectivity index is 2.15. The van der Waals surface area contributed by atoms with Crippen LogP contribution in [-0.4, -0.2) is 19.0 Å². The van der Waals surface area contributed by atoms with Gasteiger partial charge < -0.3 is 10.6 Å². The highest BCUT2D eigenvalue weighted by molar-refractivity contribution is 6.30. The van der Waals surface area contributed by atoms with Gasteiger partial charge in [0.2, 0.25) is 5.91 Å². The van der Waals surface area contributed by atoms with Gasteiger partial charge in [-0.25, -0.2) is 4.39 Å². The predicted octanol–water partition coefficient (Wildman–Crippen LogP) is 3.59. The fraction of sp³-hybridized carbons (Fsp3) is 0.533. The number of carbonyl (C=O) groups is 1. The lowest BCUT2D eigenvalue weighted by Crippen LogP contribution is -2.44. The first-order chi connectivity index (χ1) is 9.55. The van der Waals surface area contributed by atoms with E-state index in [0.29, 0.717) is 5.69 Å². The van der Waals surface area contributed by atoms with Gasteiger partial charge in [-0.15, -0.1) is 0 Å². The molecule has 1 aromatic carbocycles. The van der Waals surface area contributed by atoms with Crippen molar-refractivity contribution in [3.05, 3.63) is 29.0 Å². The van der Waals surface area contributed by atoms with Gasteiger partial charge in [-0.3, -0.25) is 4.79 Å². The Morgan fingerprint density at radius 1 is 1.40 bits per heavy atom. The van der Waals surface area contributed by atoms with Crippen LogP contribution in [0.3, 0.4) is 0 Å². The number of carbonyl (C=O) groups excluding carboxylic acids is 1. The summed E-state index contributed by atoms with van der Waals surface area (Å²) in [7, 11) is 0. The van der Waals surface area contributed by atoms with Gasteiger partial charge in [0.1, 0.15) is 5.82 Å². The zero-order valence-corrected chi connectivity index (χ0v) is 12.4. The van der Waals surface area contributed by atoms with Crippen LogP contribution in [0.1, 0.15) is 32.6 Å². The van der Waals surface area contributed by atoms with Gasteiger partial charge >= 0.3 is 0 Å². The summed E-state index contributed by atoms with van der Waals surface area (Å²) in [5.74, 6) is -0.467. The second-order valence-corrected chi connectivity index (χ2v) is 5.83. The molecule has 1 aliphatic heterocycles. The van der Waals surface area contributed by atoms with Crippen LogP contribution in [0.2, 0.25) is 5.02 Å². The summed E-state index contributed by atoms with van der Waals surface area (Å²) in [4.78, 5) is 12.6. The van der Waals surface area contributed by atoms with Crippen LogP contribution in [0.25, 0.3) is 0 Å². The van der Waals surface area contributed by atoms with E-state index in [4.69, 9.17) is 11.6 Å². The van der Waals surface area contributed by atoms with Crippen LogP contribution in [0.15, 0.2) is 18.2 Å². The molecule has 0 unspecified atom stereocenters. The lowest BCUT2D eigenvalue weighted by Gasteiger charge is -2.36. The van der Waals surface area contributed by atoms with Crippen LogP contribution in [0, 0.1) is 11.2 Å². The zero-order chi connectivity index (χ0) is 14.6. The molecule has 1 saturated heterocycles. The summed E-state index contributed by atoms with van der Waals surface area (Å²) < 4.78 is 13.3. The summed E-state index contributed by atoms with van der Waals surface area (Å²) >= 11 is 5.81. The van der Waals surface area contributed by atoms with E-state index < -0.39 is 5.82 Å². The maximum atomic E-state index is 13.3. The van der Waals surface area contributed by atoms with E-state index in [1.807, 2.05) is 0 Å². The third kappa shape index (κ3) is 3.49. The van der Waals surface area contributed by atoms with Crippen molar-refractivity contribution in [3.63, 3.8) is 0 Å². The van der Waals surface area contributed by atoms with Crippen molar-refractivity contribution < 1.29 is 9.18 Å². The second kappa shape index (κ2) is 6.55. The lowest BCUT2D eigenvalue weighted by molar-refractivity contribution is -0.127. The Labute approximate surface area is 123 Å². The molecule has 1 aromatic rings.